The maximum atomic E-state index is 13.8. The van der Waals surface area contributed by atoms with Crippen LogP contribution in [-0.4, -0.2) is 65.5 Å². The summed E-state index contributed by atoms with van der Waals surface area (Å²) in [5, 5.41) is 13.2. The van der Waals surface area contributed by atoms with Gasteiger partial charge in [-0.05, 0) is 31.0 Å². The molecule has 0 bridgehead atoms. The lowest BCUT2D eigenvalue weighted by Gasteiger charge is -2.33. The molecule has 36 heavy (non-hydrogen) atoms. The maximum Gasteiger partial charge on any atom is 0.459 e. The van der Waals surface area contributed by atoms with Gasteiger partial charge in [-0.1, -0.05) is 23.2 Å². The van der Waals surface area contributed by atoms with Crippen molar-refractivity contribution >= 4 is 29.1 Å². The van der Waals surface area contributed by atoms with Crippen molar-refractivity contribution in [3.63, 3.8) is 0 Å². The van der Waals surface area contributed by atoms with Crippen molar-refractivity contribution < 1.29 is 36.6 Å². The number of nitrogens with zero attached hydrogens (tertiary/aromatic N) is 1. The zero-order valence-electron chi connectivity index (χ0n) is 18.5. The lowest BCUT2D eigenvalue weighted by molar-refractivity contribution is -0.291. The number of likely N-dealkylation sites (tertiary alicyclic amines) is 1. The Bertz CT molecular complexity index is 1140. The van der Waals surface area contributed by atoms with Gasteiger partial charge in [0.15, 0.2) is 0 Å². The van der Waals surface area contributed by atoms with Gasteiger partial charge in [0.25, 0.3) is 5.91 Å². The fourth-order valence-electron chi connectivity index (χ4n) is 3.67. The molecule has 0 aliphatic carbocycles. The number of ether oxygens (including phenoxy) is 1. The summed E-state index contributed by atoms with van der Waals surface area (Å²) in [4.78, 5) is 26.9. The molecule has 0 spiro atoms. The molecule has 1 aromatic heterocycles. The Hall–Kier alpha value is -2.41. The van der Waals surface area contributed by atoms with Gasteiger partial charge in [-0.2, -0.15) is 22.0 Å². The van der Waals surface area contributed by atoms with E-state index in [-0.39, 0.29) is 12.6 Å². The van der Waals surface area contributed by atoms with Gasteiger partial charge in [0, 0.05) is 38.3 Å². The average molecular weight is 558 g/mol. The number of amides is 1. The number of β-amino-alcohol motifs (C(OH)–C–C–N with tert-alkyl or cyclic N) is 1. The first kappa shape index (κ1) is 28.2. The number of aliphatic hydroxyl groups is 1. The van der Waals surface area contributed by atoms with E-state index in [2.05, 4.69) is 5.32 Å². The van der Waals surface area contributed by atoms with Crippen molar-refractivity contribution in [3.05, 3.63) is 62.0 Å². The summed E-state index contributed by atoms with van der Waals surface area (Å²) in [5.74, 6) is -6.18. The summed E-state index contributed by atoms with van der Waals surface area (Å²) in [6, 6.07) is 6.17. The smallest absolute Gasteiger partial charge is 0.459 e. The molecular weight excluding hydrogens is 536 g/mol. The number of H-pyrrole nitrogens is 1. The van der Waals surface area contributed by atoms with Gasteiger partial charge in [0.2, 0.25) is 5.56 Å². The van der Waals surface area contributed by atoms with Crippen molar-refractivity contribution in [1.82, 2.24) is 15.2 Å². The van der Waals surface area contributed by atoms with Crippen LogP contribution in [0.4, 0.5) is 22.0 Å². The van der Waals surface area contributed by atoms with Crippen LogP contribution in [0.1, 0.15) is 28.9 Å². The second-order valence-electron chi connectivity index (χ2n) is 8.24. The number of pyridine rings is 1. The normalized spacial score (nSPS) is 16.6. The highest BCUT2D eigenvalue weighted by molar-refractivity contribution is 6.42. The monoisotopic (exact) mass is 557 g/mol. The number of hydrogen-bond acceptors (Lipinski definition) is 5. The van der Waals surface area contributed by atoms with E-state index < -0.39 is 47.5 Å². The third kappa shape index (κ3) is 6.87. The van der Waals surface area contributed by atoms with Crippen molar-refractivity contribution in [3.8, 4) is 5.75 Å². The number of aliphatic hydroxyl groups excluding tert-OH is 1. The Morgan fingerprint density at radius 1 is 1.14 bits per heavy atom. The van der Waals surface area contributed by atoms with E-state index in [4.69, 9.17) is 27.9 Å². The van der Waals surface area contributed by atoms with Gasteiger partial charge in [0.1, 0.15) is 17.5 Å². The predicted molar refractivity (Wildman–Crippen MR) is 122 cm³/mol. The Morgan fingerprint density at radius 3 is 2.42 bits per heavy atom. The summed E-state index contributed by atoms with van der Waals surface area (Å²) in [6.07, 6.45) is -5.99. The Balaban J connectivity index is 1.51. The molecule has 7 nitrogen and oxygen atoms in total. The summed E-state index contributed by atoms with van der Waals surface area (Å²) < 4.78 is 71.9. The first-order valence-corrected chi connectivity index (χ1v) is 11.5. The van der Waals surface area contributed by atoms with Crippen LogP contribution < -0.4 is 15.6 Å². The number of rotatable bonds is 8. The van der Waals surface area contributed by atoms with Gasteiger partial charge >= 0.3 is 12.1 Å². The molecule has 14 heteroatoms. The van der Waals surface area contributed by atoms with Crippen LogP contribution >= 0.6 is 23.2 Å². The predicted octanol–water partition coefficient (Wildman–Crippen LogP) is 3.97. The van der Waals surface area contributed by atoms with E-state index in [1.54, 1.807) is 18.2 Å². The van der Waals surface area contributed by atoms with Crippen LogP contribution in [-0.2, 0) is 5.92 Å². The van der Waals surface area contributed by atoms with Gasteiger partial charge in [-0.3, -0.25) is 9.59 Å². The van der Waals surface area contributed by atoms with Gasteiger partial charge in [-0.25, -0.2) is 0 Å². The maximum absolute atomic E-state index is 13.8. The lowest BCUT2D eigenvalue weighted by atomic mass is 10.1. The molecular formula is C22H22Cl2F5N3O4. The second-order valence-corrected chi connectivity index (χ2v) is 9.06. The van der Waals surface area contributed by atoms with Gasteiger partial charge in [0.05, 0.1) is 21.7 Å². The molecule has 1 unspecified atom stereocenters. The van der Waals surface area contributed by atoms with E-state index in [0.29, 0.717) is 53.9 Å². The van der Waals surface area contributed by atoms with E-state index in [1.807, 2.05) is 4.90 Å². The third-order valence-electron chi connectivity index (χ3n) is 5.53. The summed E-state index contributed by atoms with van der Waals surface area (Å²) >= 11 is 11.9. The number of piperidine rings is 1. The highest BCUT2D eigenvalue weighted by Crippen LogP contribution is 2.43. The van der Waals surface area contributed by atoms with Crippen LogP contribution in [0.15, 0.2) is 35.1 Å². The minimum absolute atomic E-state index is 0.0932. The Morgan fingerprint density at radius 2 is 1.81 bits per heavy atom. The SMILES string of the molecule is O=C(NCC(O)CN1CCC(Oc2ccc(Cl)c(Cl)c2)CC1)c1ccc(=O)[nH]c1C(F)(F)C(F)(F)F. The van der Waals surface area contributed by atoms with Crippen molar-refractivity contribution in [2.45, 2.75) is 37.1 Å². The van der Waals surface area contributed by atoms with E-state index in [9.17, 15) is 36.6 Å². The molecule has 1 fully saturated rings. The second kappa shape index (κ2) is 11.3. The van der Waals surface area contributed by atoms with Crippen LogP contribution in [0.2, 0.25) is 10.0 Å². The van der Waals surface area contributed by atoms with Crippen LogP contribution in [0.3, 0.4) is 0 Å². The highest BCUT2D eigenvalue weighted by Gasteiger charge is 2.60. The molecule has 0 radical (unpaired) electrons. The van der Waals surface area contributed by atoms with Crippen LogP contribution in [0.25, 0.3) is 0 Å². The molecule has 3 rings (SSSR count). The number of halogens is 7. The Labute approximate surface area is 212 Å². The zero-order valence-corrected chi connectivity index (χ0v) is 20.1. The molecule has 1 aromatic carbocycles. The summed E-state index contributed by atoms with van der Waals surface area (Å²) in [6.45, 7) is 0.823. The van der Waals surface area contributed by atoms with E-state index in [0.717, 1.165) is 0 Å². The lowest BCUT2D eigenvalue weighted by Crippen LogP contribution is -2.45. The fraction of sp³-hybridized carbons (Fsp3) is 0.455. The first-order chi connectivity index (χ1) is 16.8. The van der Waals surface area contributed by atoms with Crippen LogP contribution in [0.5, 0.6) is 5.75 Å². The molecule has 0 saturated carbocycles. The number of alkyl halides is 5. The van der Waals surface area contributed by atoms with Crippen molar-refractivity contribution in [2.75, 3.05) is 26.2 Å². The molecule has 3 N–H and O–H groups in total. The minimum atomic E-state index is -6.03. The van der Waals surface area contributed by atoms with Gasteiger partial charge in [-0.15, -0.1) is 0 Å². The first-order valence-electron chi connectivity index (χ1n) is 10.8. The number of benzene rings is 1. The minimum Gasteiger partial charge on any atom is -0.490 e. The van der Waals surface area contributed by atoms with E-state index in [1.165, 1.54) is 4.98 Å². The van der Waals surface area contributed by atoms with Crippen LogP contribution in [0, 0.1) is 0 Å². The number of carbonyl (C=O) groups is 1. The molecule has 1 aliphatic heterocycles. The number of aromatic amines is 1. The number of hydrogen-bond donors (Lipinski definition) is 3. The largest absolute Gasteiger partial charge is 0.490 e. The average Bonchev–Trinajstić information content (AvgIpc) is 2.80. The quantitative estimate of drug-likeness (QED) is 0.427. The number of aromatic nitrogens is 1. The molecule has 1 saturated heterocycles. The molecule has 2 heterocycles. The van der Waals surface area contributed by atoms with Crippen molar-refractivity contribution in [2.24, 2.45) is 0 Å². The highest BCUT2D eigenvalue weighted by atomic mass is 35.5. The van der Waals surface area contributed by atoms with Crippen molar-refractivity contribution in [1.29, 1.82) is 0 Å². The van der Waals surface area contributed by atoms with E-state index >= 15 is 0 Å². The summed E-state index contributed by atoms with van der Waals surface area (Å²) in [5.41, 5.74) is -4.14. The standard InChI is InChI=1S/C22H22Cl2F5N3O4/c23-16-3-1-14(9-17(16)24)36-13-5-7-32(8-6-13)11-12(33)10-30-20(35)15-2-4-18(34)31-19(15)21(25,26)22(27,28)29/h1-4,9,12-13,33H,5-8,10-11H2,(H,30,35)(H,31,34). The fourth-order valence-corrected chi connectivity index (χ4v) is 3.96. The third-order valence-corrected chi connectivity index (χ3v) is 6.27. The van der Waals surface area contributed by atoms with Gasteiger partial charge < -0.3 is 25.0 Å². The molecule has 198 valence electrons. The molecule has 2 aromatic rings. The number of nitrogens with one attached hydrogen (secondary N) is 2. The number of carbonyl (C=O) groups excluding carboxylic acids is 1. The Kier molecular flexibility index (Phi) is 8.86. The summed E-state index contributed by atoms with van der Waals surface area (Å²) in [7, 11) is 0. The molecule has 1 aliphatic rings. The molecule has 1 amide bonds. The molecule has 1 atom stereocenters. The topological polar surface area (TPSA) is 94.7 Å². The zero-order chi connectivity index (χ0) is 26.7.